The van der Waals surface area contributed by atoms with Crippen LogP contribution in [-0.2, 0) is 16.0 Å². The number of fused-ring (bicyclic) bond motifs is 1. The summed E-state index contributed by atoms with van der Waals surface area (Å²) >= 11 is 0. The van der Waals surface area contributed by atoms with Crippen LogP contribution in [0.1, 0.15) is 48.8 Å². The summed E-state index contributed by atoms with van der Waals surface area (Å²) in [6.45, 7) is 3.13. The monoisotopic (exact) mass is 604 g/mol. The number of nitrogens with one attached hydrogen (secondary N) is 2. The van der Waals surface area contributed by atoms with Crippen molar-refractivity contribution in [1.29, 1.82) is 0 Å². The Morgan fingerprint density at radius 3 is 2.22 bits per heavy atom. The summed E-state index contributed by atoms with van der Waals surface area (Å²) in [5.74, 6) is 0.0437. The minimum absolute atomic E-state index is 0.0268. The number of nitrogens with zero attached hydrogens (tertiary/aromatic N) is 2. The van der Waals surface area contributed by atoms with E-state index in [4.69, 9.17) is 11.5 Å². The highest BCUT2D eigenvalue weighted by molar-refractivity contribution is 5.83. The van der Waals surface area contributed by atoms with Crippen molar-refractivity contribution in [2.24, 2.45) is 16.5 Å². The van der Waals surface area contributed by atoms with Gasteiger partial charge in [-0.05, 0) is 53.1 Å². The van der Waals surface area contributed by atoms with Gasteiger partial charge in [0.05, 0.1) is 6.04 Å². The Morgan fingerprint density at radius 2 is 1.58 bits per heavy atom. The van der Waals surface area contributed by atoms with E-state index in [0.29, 0.717) is 45.3 Å². The third-order valence-electron chi connectivity index (χ3n) is 8.63. The molecular formula is C37H44N6O2. The quantitative estimate of drug-likeness (QED) is 0.109. The molecule has 8 heteroatoms. The molecule has 0 aromatic heterocycles. The maximum absolute atomic E-state index is 14.3. The van der Waals surface area contributed by atoms with Gasteiger partial charge in [-0.15, -0.1) is 0 Å². The van der Waals surface area contributed by atoms with E-state index in [1.165, 1.54) is 16.5 Å². The molecule has 3 atom stereocenters. The van der Waals surface area contributed by atoms with Crippen molar-refractivity contribution < 1.29 is 9.59 Å². The first-order valence-electron chi connectivity index (χ1n) is 15.8. The molecular weight excluding hydrogens is 560 g/mol. The minimum atomic E-state index is -0.438. The molecule has 1 aliphatic heterocycles. The number of amides is 2. The third-order valence-corrected chi connectivity index (χ3v) is 8.63. The molecule has 1 heterocycles. The number of carbonyl (C=O) groups excluding carboxylic acids is 2. The van der Waals surface area contributed by atoms with E-state index >= 15 is 0 Å². The van der Waals surface area contributed by atoms with Gasteiger partial charge < -0.3 is 27.0 Å². The molecule has 0 aliphatic carbocycles. The summed E-state index contributed by atoms with van der Waals surface area (Å²) in [5, 5.41) is 9.24. The second-order valence-corrected chi connectivity index (χ2v) is 11.9. The molecule has 4 aromatic carbocycles. The molecule has 234 valence electrons. The highest BCUT2D eigenvalue weighted by Gasteiger charge is 2.35. The van der Waals surface area contributed by atoms with Crippen molar-refractivity contribution in [2.75, 3.05) is 19.6 Å². The fourth-order valence-corrected chi connectivity index (χ4v) is 6.42. The molecule has 5 rings (SSSR count). The van der Waals surface area contributed by atoms with Crippen molar-refractivity contribution in [3.05, 3.63) is 120 Å². The number of benzene rings is 4. The number of rotatable bonds is 12. The molecule has 45 heavy (non-hydrogen) atoms. The molecule has 1 aliphatic rings. The Balaban J connectivity index is 1.42. The first-order valence-corrected chi connectivity index (χ1v) is 15.8. The van der Waals surface area contributed by atoms with Crippen LogP contribution in [0, 0.1) is 0 Å². The molecule has 1 fully saturated rings. The van der Waals surface area contributed by atoms with Gasteiger partial charge in [0.2, 0.25) is 11.8 Å². The van der Waals surface area contributed by atoms with Crippen LogP contribution in [-0.4, -0.2) is 60.4 Å². The normalized spacial score (nSPS) is 17.6. The molecule has 0 spiro atoms. The summed E-state index contributed by atoms with van der Waals surface area (Å²) in [7, 11) is 0. The second-order valence-electron chi connectivity index (χ2n) is 11.9. The van der Waals surface area contributed by atoms with Crippen LogP contribution < -0.4 is 22.1 Å². The van der Waals surface area contributed by atoms with Gasteiger partial charge in [-0.3, -0.25) is 14.6 Å². The molecule has 8 nitrogen and oxygen atoms in total. The molecule has 2 amide bonds. The van der Waals surface area contributed by atoms with E-state index in [1.807, 2.05) is 53.4 Å². The third kappa shape index (κ3) is 8.70. The lowest BCUT2D eigenvalue weighted by Gasteiger charge is -2.30. The van der Waals surface area contributed by atoms with Gasteiger partial charge in [0, 0.05) is 44.6 Å². The van der Waals surface area contributed by atoms with E-state index in [9.17, 15) is 9.59 Å². The van der Waals surface area contributed by atoms with Gasteiger partial charge >= 0.3 is 0 Å². The molecule has 0 radical (unpaired) electrons. The first kappa shape index (κ1) is 31.7. The van der Waals surface area contributed by atoms with Crippen molar-refractivity contribution in [1.82, 2.24) is 15.5 Å². The van der Waals surface area contributed by atoms with Crippen LogP contribution in [0.5, 0.6) is 0 Å². The molecule has 1 saturated heterocycles. The van der Waals surface area contributed by atoms with Crippen molar-refractivity contribution in [2.45, 2.75) is 56.7 Å². The Labute approximate surface area is 265 Å². The van der Waals surface area contributed by atoms with Gasteiger partial charge in [-0.1, -0.05) is 103 Å². The lowest BCUT2D eigenvalue weighted by atomic mass is 9.90. The summed E-state index contributed by atoms with van der Waals surface area (Å²) in [4.78, 5) is 32.9. The topological polar surface area (TPSA) is 126 Å². The van der Waals surface area contributed by atoms with Crippen LogP contribution >= 0.6 is 0 Å². The standard InChI is InChI=1S/C37H44N6O2/c1-26(44)41-35(24-27-18-19-28-11-8-9-16-31(28)23-27)33-20-22-43(36(45)34(42-33)17-10-21-40-37(38)39)25-32(29-12-4-2-5-13-29)30-14-6-3-7-15-30/h2-9,11-16,18-19,23,32-35,42H,10,17,20-22,24-25H2,1H3,(H,41,44)(H4,38,39,40). The maximum Gasteiger partial charge on any atom is 0.239 e. The highest BCUT2D eigenvalue weighted by Crippen LogP contribution is 2.28. The number of hydrogen-bond donors (Lipinski definition) is 4. The fraction of sp³-hybridized carbons (Fsp3) is 0.324. The largest absolute Gasteiger partial charge is 0.370 e. The smallest absolute Gasteiger partial charge is 0.239 e. The Morgan fingerprint density at radius 1 is 0.933 bits per heavy atom. The summed E-state index contributed by atoms with van der Waals surface area (Å²) in [6, 6.07) is 34.7. The summed E-state index contributed by atoms with van der Waals surface area (Å²) in [6.07, 6.45) is 2.57. The zero-order valence-electron chi connectivity index (χ0n) is 25.9. The Hall–Kier alpha value is -4.69. The molecule has 0 bridgehead atoms. The zero-order valence-corrected chi connectivity index (χ0v) is 25.9. The lowest BCUT2D eigenvalue weighted by Crippen LogP contribution is -2.54. The first-order chi connectivity index (χ1) is 21.9. The van der Waals surface area contributed by atoms with E-state index in [1.54, 1.807) is 6.92 Å². The fourth-order valence-electron chi connectivity index (χ4n) is 6.42. The van der Waals surface area contributed by atoms with E-state index < -0.39 is 6.04 Å². The lowest BCUT2D eigenvalue weighted by molar-refractivity contribution is -0.133. The average Bonchev–Trinajstić information content (AvgIpc) is 3.20. The molecule has 0 saturated carbocycles. The van der Waals surface area contributed by atoms with Gasteiger partial charge in [-0.2, -0.15) is 0 Å². The predicted molar refractivity (Wildman–Crippen MR) is 182 cm³/mol. The van der Waals surface area contributed by atoms with Gasteiger partial charge in [0.15, 0.2) is 5.96 Å². The Bertz CT molecular complexity index is 1550. The number of nitrogens with two attached hydrogens (primary N) is 2. The SMILES string of the molecule is CC(=O)NC(Cc1ccc2ccccc2c1)C1CCN(CC(c2ccccc2)c2ccccc2)C(=O)C(CCCN=C(N)N)N1. The van der Waals surface area contributed by atoms with Crippen LogP contribution in [0.4, 0.5) is 0 Å². The van der Waals surface area contributed by atoms with Crippen molar-refractivity contribution >= 4 is 28.5 Å². The van der Waals surface area contributed by atoms with Crippen LogP contribution in [0.3, 0.4) is 0 Å². The highest BCUT2D eigenvalue weighted by atomic mass is 16.2. The summed E-state index contributed by atoms with van der Waals surface area (Å²) < 4.78 is 0. The predicted octanol–water partition coefficient (Wildman–Crippen LogP) is 4.33. The van der Waals surface area contributed by atoms with E-state index in [2.05, 4.69) is 70.2 Å². The second kappa shape index (κ2) is 15.3. The average molecular weight is 605 g/mol. The molecule has 3 unspecified atom stereocenters. The van der Waals surface area contributed by atoms with Gasteiger partial charge in [0.1, 0.15) is 0 Å². The summed E-state index contributed by atoms with van der Waals surface area (Å²) in [5.41, 5.74) is 14.6. The number of carbonyl (C=O) groups is 2. The van der Waals surface area contributed by atoms with Crippen molar-refractivity contribution in [3.63, 3.8) is 0 Å². The van der Waals surface area contributed by atoms with Gasteiger partial charge in [0.25, 0.3) is 0 Å². The zero-order chi connectivity index (χ0) is 31.6. The van der Waals surface area contributed by atoms with E-state index in [-0.39, 0.29) is 35.8 Å². The van der Waals surface area contributed by atoms with Crippen LogP contribution in [0.2, 0.25) is 0 Å². The molecule has 6 N–H and O–H groups in total. The van der Waals surface area contributed by atoms with E-state index in [0.717, 1.165) is 10.9 Å². The number of guanidine groups is 1. The molecule has 4 aromatic rings. The van der Waals surface area contributed by atoms with Gasteiger partial charge in [-0.25, -0.2) is 0 Å². The van der Waals surface area contributed by atoms with Crippen molar-refractivity contribution in [3.8, 4) is 0 Å². The van der Waals surface area contributed by atoms with Crippen LogP contribution in [0.15, 0.2) is 108 Å². The number of hydrogen-bond acceptors (Lipinski definition) is 4. The minimum Gasteiger partial charge on any atom is -0.370 e. The number of aliphatic imine (C=N–C) groups is 1. The Kier molecular flexibility index (Phi) is 10.8. The maximum atomic E-state index is 14.3. The van der Waals surface area contributed by atoms with Crippen LogP contribution in [0.25, 0.3) is 10.8 Å².